The highest BCUT2D eigenvalue weighted by atomic mass is 35.5. The normalized spacial score (nSPS) is 10.5. The Morgan fingerprint density at radius 1 is 1.29 bits per heavy atom. The van der Waals surface area contributed by atoms with Crippen LogP contribution < -0.4 is 4.74 Å². The van der Waals surface area contributed by atoms with E-state index in [0.29, 0.717) is 40.2 Å². The van der Waals surface area contributed by atoms with E-state index in [9.17, 15) is 10.1 Å². The van der Waals surface area contributed by atoms with Crippen LogP contribution in [-0.4, -0.2) is 14.9 Å². The number of benzene rings is 1. The molecule has 0 fully saturated rings. The van der Waals surface area contributed by atoms with Crippen LogP contribution in [-0.2, 0) is 6.42 Å². The second-order valence-corrected chi connectivity index (χ2v) is 4.83. The van der Waals surface area contributed by atoms with E-state index in [1.165, 1.54) is 6.07 Å². The van der Waals surface area contributed by atoms with Crippen LogP contribution in [0.1, 0.15) is 23.9 Å². The zero-order valence-electron chi connectivity index (χ0n) is 11.9. The summed E-state index contributed by atoms with van der Waals surface area (Å²) >= 11 is 6.05. The third-order valence-corrected chi connectivity index (χ3v) is 3.43. The van der Waals surface area contributed by atoms with Gasteiger partial charge in [0.15, 0.2) is 0 Å². The van der Waals surface area contributed by atoms with Crippen molar-refractivity contribution in [2.24, 2.45) is 0 Å². The summed E-state index contributed by atoms with van der Waals surface area (Å²) in [5, 5.41) is 11.3. The van der Waals surface area contributed by atoms with Crippen LogP contribution in [0.25, 0.3) is 0 Å². The van der Waals surface area contributed by atoms with Crippen LogP contribution in [0, 0.1) is 24.0 Å². The Morgan fingerprint density at radius 2 is 2.00 bits per heavy atom. The van der Waals surface area contributed by atoms with E-state index in [2.05, 4.69) is 9.97 Å². The van der Waals surface area contributed by atoms with Gasteiger partial charge in [-0.2, -0.15) is 4.98 Å². The fourth-order valence-electron chi connectivity index (χ4n) is 1.78. The molecular weight excluding hydrogens is 294 g/mol. The first-order valence-corrected chi connectivity index (χ1v) is 6.76. The van der Waals surface area contributed by atoms with Crippen molar-refractivity contribution in [1.29, 1.82) is 0 Å². The Labute approximate surface area is 126 Å². The number of hydrogen-bond acceptors (Lipinski definition) is 5. The van der Waals surface area contributed by atoms with Crippen molar-refractivity contribution in [3.8, 4) is 11.6 Å². The van der Waals surface area contributed by atoms with Gasteiger partial charge in [0.05, 0.1) is 10.5 Å². The van der Waals surface area contributed by atoms with Crippen LogP contribution in [0.5, 0.6) is 11.6 Å². The van der Waals surface area contributed by atoms with Crippen molar-refractivity contribution in [2.75, 3.05) is 0 Å². The molecule has 0 saturated carbocycles. The van der Waals surface area contributed by atoms with Gasteiger partial charge in [-0.05, 0) is 19.9 Å². The second-order valence-electron chi connectivity index (χ2n) is 4.47. The molecule has 2 aromatic rings. The SMILES string of the molecule is CCc1nc(Cl)c(C)c(Oc2cccc([N+](=O)[O-])c2C)n1. The molecule has 0 atom stereocenters. The van der Waals surface area contributed by atoms with Gasteiger partial charge in [0, 0.05) is 18.1 Å². The van der Waals surface area contributed by atoms with Gasteiger partial charge in [-0.3, -0.25) is 10.1 Å². The Kier molecular flexibility index (Phi) is 4.37. The number of nitro benzene ring substituents is 1. The Bertz CT molecular complexity index is 704. The highest BCUT2D eigenvalue weighted by Gasteiger charge is 2.17. The molecule has 1 aromatic heterocycles. The predicted octanol–water partition coefficient (Wildman–Crippen LogP) is 4.01. The molecule has 0 unspecified atom stereocenters. The van der Waals surface area contributed by atoms with Crippen molar-refractivity contribution < 1.29 is 9.66 Å². The smallest absolute Gasteiger partial charge is 0.276 e. The van der Waals surface area contributed by atoms with E-state index < -0.39 is 4.92 Å². The number of rotatable bonds is 4. The number of nitro groups is 1. The molecule has 0 radical (unpaired) electrons. The number of aryl methyl sites for hydroxylation is 1. The molecule has 21 heavy (non-hydrogen) atoms. The number of hydrogen-bond donors (Lipinski definition) is 0. The van der Waals surface area contributed by atoms with Gasteiger partial charge >= 0.3 is 0 Å². The molecule has 1 aromatic carbocycles. The van der Waals surface area contributed by atoms with Gasteiger partial charge in [-0.25, -0.2) is 4.98 Å². The molecule has 2 rings (SSSR count). The van der Waals surface area contributed by atoms with Gasteiger partial charge in [-0.15, -0.1) is 0 Å². The molecule has 0 bridgehead atoms. The minimum atomic E-state index is -0.445. The molecule has 0 aliphatic carbocycles. The Balaban J connectivity index is 2.46. The maximum atomic E-state index is 11.0. The highest BCUT2D eigenvalue weighted by molar-refractivity contribution is 6.30. The molecule has 0 aliphatic rings. The summed E-state index contributed by atoms with van der Waals surface area (Å²) in [5.41, 5.74) is 1.04. The van der Waals surface area contributed by atoms with Gasteiger partial charge in [0.25, 0.3) is 5.69 Å². The molecule has 0 N–H and O–H groups in total. The van der Waals surface area contributed by atoms with E-state index in [4.69, 9.17) is 16.3 Å². The van der Waals surface area contributed by atoms with E-state index in [1.54, 1.807) is 26.0 Å². The zero-order chi connectivity index (χ0) is 15.6. The summed E-state index contributed by atoms with van der Waals surface area (Å²) < 4.78 is 5.71. The summed E-state index contributed by atoms with van der Waals surface area (Å²) in [7, 11) is 0. The first kappa shape index (κ1) is 15.2. The summed E-state index contributed by atoms with van der Waals surface area (Å²) in [6.07, 6.45) is 0.615. The van der Waals surface area contributed by atoms with Crippen LogP contribution in [0.15, 0.2) is 18.2 Å². The monoisotopic (exact) mass is 307 g/mol. The quantitative estimate of drug-likeness (QED) is 0.484. The van der Waals surface area contributed by atoms with Crippen LogP contribution >= 0.6 is 11.6 Å². The molecule has 0 spiro atoms. The van der Waals surface area contributed by atoms with E-state index in [-0.39, 0.29) is 5.69 Å². The van der Waals surface area contributed by atoms with Crippen molar-refractivity contribution in [1.82, 2.24) is 9.97 Å². The van der Waals surface area contributed by atoms with Crippen LogP contribution in [0.3, 0.4) is 0 Å². The lowest BCUT2D eigenvalue weighted by atomic mass is 10.2. The number of halogens is 1. The third-order valence-electron chi connectivity index (χ3n) is 3.06. The fraction of sp³-hybridized carbons (Fsp3) is 0.286. The maximum Gasteiger partial charge on any atom is 0.276 e. The predicted molar refractivity (Wildman–Crippen MR) is 79.1 cm³/mol. The molecular formula is C14H14ClN3O3. The molecule has 6 nitrogen and oxygen atoms in total. The molecule has 0 amide bonds. The van der Waals surface area contributed by atoms with Crippen LogP contribution in [0.4, 0.5) is 5.69 Å². The molecule has 110 valence electrons. The fourth-order valence-corrected chi connectivity index (χ4v) is 1.96. The first-order chi connectivity index (χ1) is 9.93. The van der Waals surface area contributed by atoms with E-state index in [1.807, 2.05) is 6.92 Å². The maximum absolute atomic E-state index is 11.0. The second kappa shape index (κ2) is 6.05. The standard InChI is InChI=1S/C14H14ClN3O3/c1-4-12-16-13(15)9(3)14(17-12)21-11-7-5-6-10(8(11)2)18(19)20/h5-7H,4H2,1-3H3. The minimum Gasteiger partial charge on any atom is -0.438 e. The summed E-state index contributed by atoms with van der Waals surface area (Å²) in [6, 6.07) is 4.65. The lowest BCUT2D eigenvalue weighted by Gasteiger charge is -2.11. The topological polar surface area (TPSA) is 78.2 Å². The Morgan fingerprint density at radius 3 is 2.62 bits per heavy atom. The van der Waals surface area contributed by atoms with Crippen molar-refractivity contribution in [3.05, 3.63) is 50.4 Å². The average molecular weight is 308 g/mol. The summed E-state index contributed by atoms with van der Waals surface area (Å²) in [4.78, 5) is 18.9. The number of nitrogens with zero attached hydrogens (tertiary/aromatic N) is 3. The number of ether oxygens (including phenoxy) is 1. The van der Waals surface area contributed by atoms with Crippen molar-refractivity contribution in [3.63, 3.8) is 0 Å². The van der Waals surface area contributed by atoms with Crippen LogP contribution in [0.2, 0.25) is 5.15 Å². The van der Waals surface area contributed by atoms with Gasteiger partial charge < -0.3 is 4.74 Å². The lowest BCUT2D eigenvalue weighted by molar-refractivity contribution is -0.385. The largest absolute Gasteiger partial charge is 0.438 e. The minimum absolute atomic E-state index is 0.000945. The van der Waals surface area contributed by atoms with E-state index >= 15 is 0 Å². The molecule has 1 heterocycles. The third kappa shape index (κ3) is 3.11. The van der Waals surface area contributed by atoms with Crippen molar-refractivity contribution in [2.45, 2.75) is 27.2 Å². The first-order valence-electron chi connectivity index (χ1n) is 6.39. The summed E-state index contributed by atoms with van der Waals surface area (Å²) in [6.45, 7) is 5.28. The molecule has 0 aliphatic heterocycles. The highest BCUT2D eigenvalue weighted by Crippen LogP contribution is 2.32. The zero-order valence-corrected chi connectivity index (χ0v) is 12.6. The summed E-state index contributed by atoms with van der Waals surface area (Å²) in [5.74, 6) is 1.25. The molecule has 7 heteroatoms. The van der Waals surface area contributed by atoms with E-state index in [0.717, 1.165) is 0 Å². The average Bonchev–Trinajstić information content (AvgIpc) is 2.45. The Hall–Kier alpha value is -2.21. The van der Waals surface area contributed by atoms with Gasteiger partial charge in [0.1, 0.15) is 16.7 Å². The molecule has 0 saturated heterocycles. The number of aromatic nitrogens is 2. The van der Waals surface area contributed by atoms with Gasteiger partial charge in [0.2, 0.25) is 5.88 Å². The van der Waals surface area contributed by atoms with Crippen molar-refractivity contribution >= 4 is 17.3 Å². The van der Waals surface area contributed by atoms with Gasteiger partial charge in [-0.1, -0.05) is 24.6 Å². The lowest BCUT2D eigenvalue weighted by Crippen LogP contribution is -2.01.